The van der Waals surface area contributed by atoms with Crippen molar-refractivity contribution in [2.24, 2.45) is 5.92 Å². The van der Waals surface area contributed by atoms with Gasteiger partial charge in [-0.25, -0.2) is 0 Å². The van der Waals surface area contributed by atoms with E-state index in [-0.39, 0.29) is 17.9 Å². The summed E-state index contributed by atoms with van der Waals surface area (Å²) in [5.41, 5.74) is 0.868. The predicted molar refractivity (Wildman–Crippen MR) is 72.4 cm³/mol. The van der Waals surface area contributed by atoms with Gasteiger partial charge in [-0.3, -0.25) is 4.79 Å². The van der Waals surface area contributed by atoms with E-state index >= 15 is 0 Å². The molecule has 0 aromatic heterocycles. The van der Waals surface area contributed by atoms with Gasteiger partial charge in [-0.05, 0) is 13.0 Å². The van der Waals surface area contributed by atoms with Crippen LogP contribution in [0.4, 0.5) is 0 Å². The maximum atomic E-state index is 11.3. The molecule has 0 radical (unpaired) electrons. The number of phenols is 1. The summed E-state index contributed by atoms with van der Waals surface area (Å²) in [6, 6.07) is 7.32. The molecule has 0 aliphatic heterocycles. The molecule has 0 aliphatic carbocycles. The van der Waals surface area contributed by atoms with Crippen molar-refractivity contribution in [2.45, 2.75) is 26.8 Å². The summed E-state index contributed by atoms with van der Waals surface area (Å²) in [5, 5.41) is 15.8. The minimum Gasteiger partial charge on any atom is -0.508 e. The average molecular weight is 250 g/mol. The third-order valence-electron chi connectivity index (χ3n) is 2.80. The van der Waals surface area contributed by atoms with Crippen LogP contribution in [-0.2, 0) is 4.79 Å². The van der Waals surface area contributed by atoms with Crippen molar-refractivity contribution in [2.75, 3.05) is 13.1 Å². The van der Waals surface area contributed by atoms with Gasteiger partial charge in [0.15, 0.2) is 0 Å². The number of hydrogen-bond acceptors (Lipinski definition) is 3. The molecule has 0 aliphatic rings. The van der Waals surface area contributed by atoms with Crippen molar-refractivity contribution in [3.63, 3.8) is 0 Å². The summed E-state index contributed by atoms with van der Waals surface area (Å²) >= 11 is 0. The van der Waals surface area contributed by atoms with Gasteiger partial charge in [0.1, 0.15) is 5.75 Å². The molecule has 1 amide bonds. The highest BCUT2D eigenvalue weighted by Crippen LogP contribution is 2.22. The van der Waals surface area contributed by atoms with Gasteiger partial charge in [-0.1, -0.05) is 32.0 Å². The summed E-state index contributed by atoms with van der Waals surface area (Å²) in [7, 11) is 0. The van der Waals surface area contributed by atoms with Crippen LogP contribution < -0.4 is 10.6 Å². The van der Waals surface area contributed by atoms with E-state index in [0.717, 1.165) is 5.56 Å². The third-order valence-corrected chi connectivity index (χ3v) is 2.80. The third kappa shape index (κ3) is 4.37. The monoisotopic (exact) mass is 250 g/mol. The molecule has 4 nitrogen and oxygen atoms in total. The van der Waals surface area contributed by atoms with E-state index in [9.17, 15) is 9.90 Å². The molecule has 100 valence electrons. The minimum atomic E-state index is 0.0144. The molecular weight excluding hydrogens is 228 g/mol. The van der Waals surface area contributed by atoms with E-state index in [1.165, 1.54) is 0 Å². The van der Waals surface area contributed by atoms with Crippen LogP contribution >= 0.6 is 0 Å². The lowest BCUT2D eigenvalue weighted by Gasteiger charge is -2.16. The lowest BCUT2D eigenvalue weighted by molar-refractivity contribution is -0.123. The standard InChI is InChI=1S/C14H22N2O2/c1-10(2)14(18)16-9-8-15-11(3)12-6-4-5-7-13(12)17/h4-7,10-11,15,17H,8-9H2,1-3H3,(H,16,18). The van der Waals surface area contributed by atoms with Gasteiger partial charge < -0.3 is 15.7 Å². The number of rotatable bonds is 6. The summed E-state index contributed by atoms with van der Waals surface area (Å²) in [4.78, 5) is 11.3. The number of aromatic hydroxyl groups is 1. The second-order valence-corrected chi connectivity index (χ2v) is 4.68. The molecule has 1 unspecified atom stereocenters. The number of benzene rings is 1. The first-order valence-electron chi connectivity index (χ1n) is 6.31. The molecule has 0 saturated carbocycles. The molecule has 1 aromatic rings. The van der Waals surface area contributed by atoms with E-state index in [4.69, 9.17) is 0 Å². The molecular formula is C14H22N2O2. The van der Waals surface area contributed by atoms with E-state index < -0.39 is 0 Å². The first-order valence-corrected chi connectivity index (χ1v) is 6.31. The number of phenolic OH excluding ortho intramolecular Hbond substituents is 1. The molecule has 4 heteroatoms. The van der Waals surface area contributed by atoms with Crippen LogP contribution in [0.5, 0.6) is 5.75 Å². The minimum absolute atomic E-state index is 0.0144. The molecule has 3 N–H and O–H groups in total. The molecule has 18 heavy (non-hydrogen) atoms. The molecule has 1 atom stereocenters. The lowest BCUT2D eigenvalue weighted by atomic mass is 10.1. The fourth-order valence-corrected chi connectivity index (χ4v) is 1.64. The highest BCUT2D eigenvalue weighted by atomic mass is 16.3. The first-order chi connectivity index (χ1) is 8.52. The molecule has 1 rings (SSSR count). The molecule has 0 spiro atoms. The van der Waals surface area contributed by atoms with Gasteiger partial charge >= 0.3 is 0 Å². The zero-order valence-corrected chi connectivity index (χ0v) is 11.2. The van der Waals surface area contributed by atoms with Crippen molar-refractivity contribution in [1.29, 1.82) is 0 Å². The molecule has 0 fully saturated rings. The van der Waals surface area contributed by atoms with Gasteiger partial charge in [-0.15, -0.1) is 0 Å². The van der Waals surface area contributed by atoms with Crippen molar-refractivity contribution < 1.29 is 9.90 Å². The number of carbonyl (C=O) groups is 1. The molecule has 0 bridgehead atoms. The maximum absolute atomic E-state index is 11.3. The average Bonchev–Trinajstić information content (AvgIpc) is 2.34. The van der Waals surface area contributed by atoms with Crippen LogP contribution in [0.25, 0.3) is 0 Å². The smallest absolute Gasteiger partial charge is 0.222 e. The topological polar surface area (TPSA) is 61.4 Å². The Morgan fingerprint density at radius 2 is 1.89 bits per heavy atom. The number of amides is 1. The summed E-state index contributed by atoms with van der Waals surface area (Å²) < 4.78 is 0. The van der Waals surface area contributed by atoms with Crippen molar-refractivity contribution in [3.8, 4) is 5.75 Å². The SMILES string of the molecule is CC(C)C(=O)NCCNC(C)c1ccccc1O. The molecule has 0 heterocycles. The highest BCUT2D eigenvalue weighted by Gasteiger charge is 2.09. The maximum Gasteiger partial charge on any atom is 0.222 e. The fraction of sp³-hybridized carbons (Fsp3) is 0.500. The van der Waals surface area contributed by atoms with E-state index in [2.05, 4.69) is 10.6 Å². The van der Waals surface area contributed by atoms with Gasteiger partial charge in [0.25, 0.3) is 0 Å². The van der Waals surface area contributed by atoms with Crippen LogP contribution in [-0.4, -0.2) is 24.1 Å². The second-order valence-electron chi connectivity index (χ2n) is 4.68. The Bertz CT molecular complexity index is 391. The van der Waals surface area contributed by atoms with Crippen LogP contribution in [0.1, 0.15) is 32.4 Å². The summed E-state index contributed by atoms with van der Waals surface area (Å²) in [6.45, 7) is 6.99. The normalized spacial score (nSPS) is 12.4. The van der Waals surface area contributed by atoms with Gasteiger partial charge in [0, 0.05) is 30.6 Å². The van der Waals surface area contributed by atoms with Gasteiger partial charge in [0.05, 0.1) is 0 Å². The second kappa shape index (κ2) is 7.01. The number of nitrogens with one attached hydrogen (secondary N) is 2. The molecule has 0 saturated heterocycles. The number of carbonyl (C=O) groups excluding carboxylic acids is 1. The zero-order valence-electron chi connectivity index (χ0n) is 11.2. The van der Waals surface area contributed by atoms with Crippen LogP contribution in [0, 0.1) is 5.92 Å². The van der Waals surface area contributed by atoms with Crippen LogP contribution in [0.2, 0.25) is 0 Å². The van der Waals surface area contributed by atoms with E-state index in [1.807, 2.05) is 32.9 Å². The Morgan fingerprint density at radius 1 is 1.22 bits per heavy atom. The Balaban J connectivity index is 2.32. The van der Waals surface area contributed by atoms with Crippen LogP contribution in [0.15, 0.2) is 24.3 Å². The lowest BCUT2D eigenvalue weighted by Crippen LogP contribution is -2.35. The van der Waals surface area contributed by atoms with Gasteiger partial charge in [-0.2, -0.15) is 0 Å². The van der Waals surface area contributed by atoms with Gasteiger partial charge in [0.2, 0.25) is 5.91 Å². The number of para-hydroxylation sites is 1. The van der Waals surface area contributed by atoms with E-state index in [0.29, 0.717) is 18.8 Å². The Morgan fingerprint density at radius 3 is 2.50 bits per heavy atom. The summed E-state index contributed by atoms with van der Waals surface area (Å²) in [6.07, 6.45) is 0. The van der Waals surface area contributed by atoms with Crippen molar-refractivity contribution >= 4 is 5.91 Å². The summed E-state index contributed by atoms with van der Waals surface area (Å²) in [5.74, 6) is 0.372. The van der Waals surface area contributed by atoms with Crippen molar-refractivity contribution in [1.82, 2.24) is 10.6 Å². The fourth-order valence-electron chi connectivity index (χ4n) is 1.64. The first kappa shape index (κ1) is 14.5. The number of hydrogen-bond donors (Lipinski definition) is 3. The Hall–Kier alpha value is -1.55. The highest BCUT2D eigenvalue weighted by molar-refractivity contribution is 5.77. The molecule has 1 aromatic carbocycles. The predicted octanol–water partition coefficient (Wildman–Crippen LogP) is 1.81. The largest absolute Gasteiger partial charge is 0.508 e. The van der Waals surface area contributed by atoms with E-state index in [1.54, 1.807) is 12.1 Å². The quantitative estimate of drug-likeness (QED) is 0.675. The Labute approximate surface area is 108 Å². The Kier molecular flexibility index (Phi) is 5.65. The van der Waals surface area contributed by atoms with Crippen molar-refractivity contribution in [3.05, 3.63) is 29.8 Å². The van der Waals surface area contributed by atoms with Crippen LogP contribution in [0.3, 0.4) is 0 Å². The zero-order chi connectivity index (χ0) is 13.5.